The van der Waals surface area contributed by atoms with Crippen LogP contribution in [-0.4, -0.2) is 30.7 Å². The first-order chi connectivity index (χ1) is 7.22. The van der Waals surface area contributed by atoms with E-state index >= 15 is 0 Å². The Labute approximate surface area is 90.5 Å². The minimum Gasteiger partial charge on any atom is -0.376 e. The Morgan fingerprint density at radius 1 is 1.53 bits per heavy atom. The van der Waals surface area contributed by atoms with Crippen molar-refractivity contribution in [3.8, 4) is 0 Å². The van der Waals surface area contributed by atoms with Crippen molar-refractivity contribution in [2.24, 2.45) is 11.7 Å². The summed E-state index contributed by atoms with van der Waals surface area (Å²) < 4.78 is 5.50. The molecule has 1 amide bonds. The third-order valence-electron chi connectivity index (χ3n) is 3.53. The molecule has 2 aliphatic carbocycles. The molecule has 2 aliphatic rings. The summed E-state index contributed by atoms with van der Waals surface area (Å²) in [6.45, 7) is 2.65. The Morgan fingerprint density at radius 3 is 2.73 bits per heavy atom. The second-order valence-corrected chi connectivity index (χ2v) is 4.56. The molecule has 4 nitrogen and oxygen atoms in total. The number of nitrogens with one attached hydrogen (secondary N) is 1. The second kappa shape index (κ2) is 4.49. The molecule has 2 fully saturated rings. The molecule has 0 aromatic carbocycles. The zero-order valence-electron chi connectivity index (χ0n) is 9.24. The number of amides is 1. The standard InChI is InChI=1S/C11H20N2O2/c1-2-15-9-6-8(12)10(9)13-11(14)7-4-3-5-7/h7-10H,2-6,12H2,1H3,(H,13,14). The number of ether oxygens (including phenoxy) is 1. The molecule has 0 spiro atoms. The van der Waals surface area contributed by atoms with E-state index in [9.17, 15) is 4.79 Å². The normalized spacial score (nSPS) is 35.5. The van der Waals surface area contributed by atoms with Gasteiger partial charge in [0, 0.05) is 18.6 Å². The summed E-state index contributed by atoms with van der Waals surface area (Å²) in [6, 6.07) is 0.114. The maximum absolute atomic E-state index is 11.7. The lowest BCUT2D eigenvalue weighted by Crippen LogP contribution is -2.65. The molecule has 15 heavy (non-hydrogen) atoms. The summed E-state index contributed by atoms with van der Waals surface area (Å²) in [5, 5.41) is 3.01. The summed E-state index contributed by atoms with van der Waals surface area (Å²) in [5.41, 5.74) is 5.86. The SMILES string of the molecule is CCOC1CC(N)C1NC(=O)C1CCC1. The molecular weight excluding hydrogens is 192 g/mol. The third-order valence-corrected chi connectivity index (χ3v) is 3.53. The highest BCUT2D eigenvalue weighted by atomic mass is 16.5. The largest absolute Gasteiger partial charge is 0.376 e. The van der Waals surface area contributed by atoms with Gasteiger partial charge in [0.2, 0.25) is 5.91 Å². The Bertz CT molecular complexity index is 239. The van der Waals surface area contributed by atoms with Crippen LogP contribution >= 0.6 is 0 Å². The van der Waals surface area contributed by atoms with E-state index in [1.54, 1.807) is 0 Å². The average Bonchev–Trinajstić information content (AvgIpc) is 2.11. The van der Waals surface area contributed by atoms with Crippen molar-refractivity contribution in [2.45, 2.75) is 50.8 Å². The van der Waals surface area contributed by atoms with Gasteiger partial charge in [-0.3, -0.25) is 4.79 Å². The first-order valence-corrected chi connectivity index (χ1v) is 5.90. The van der Waals surface area contributed by atoms with Gasteiger partial charge in [0.05, 0.1) is 12.1 Å². The average molecular weight is 212 g/mol. The molecule has 4 heteroatoms. The molecule has 3 atom stereocenters. The van der Waals surface area contributed by atoms with Crippen LogP contribution in [0.5, 0.6) is 0 Å². The molecular formula is C11H20N2O2. The van der Waals surface area contributed by atoms with Crippen LogP contribution in [-0.2, 0) is 9.53 Å². The van der Waals surface area contributed by atoms with Crippen LogP contribution in [0.4, 0.5) is 0 Å². The molecule has 0 bridgehead atoms. The zero-order valence-corrected chi connectivity index (χ0v) is 9.24. The van der Waals surface area contributed by atoms with Gasteiger partial charge in [-0.05, 0) is 26.2 Å². The molecule has 3 N–H and O–H groups in total. The molecule has 2 rings (SSSR count). The lowest BCUT2D eigenvalue weighted by Gasteiger charge is -2.43. The molecule has 0 aromatic rings. The van der Waals surface area contributed by atoms with Crippen LogP contribution < -0.4 is 11.1 Å². The topological polar surface area (TPSA) is 64.3 Å². The van der Waals surface area contributed by atoms with Crippen molar-refractivity contribution >= 4 is 5.91 Å². The van der Waals surface area contributed by atoms with E-state index in [4.69, 9.17) is 10.5 Å². The Hall–Kier alpha value is -0.610. The minimum atomic E-state index is 0.0399. The Morgan fingerprint density at radius 2 is 2.27 bits per heavy atom. The van der Waals surface area contributed by atoms with Crippen LogP contribution in [0.25, 0.3) is 0 Å². The van der Waals surface area contributed by atoms with Crippen LogP contribution in [0.15, 0.2) is 0 Å². The van der Waals surface area contributed by atoms with Crippen molar-refractivity contribution in [1.82, 2.24) is 5.32 Å². The van der Waals surface area contributed by atoms with Crippen LogP contribution in [0.3, 0.4) is 0 Å². The minimum absolute atomic E-state index is 0.0399. The van der Waals surface area contributed by atoms with Crippen LogP contribution in [0.2, 0.25) is 0 Å². The summed E-state index contributed by atoms with van der Waals surface area (Å²) in [5.74, 6) is 0.408. The van der Waals surface area contributed by atoms with E-state index in [1.807, 2.05) is 6.92 Å². The van der Waals surface area contributed by atoms with Gasteiger partial charge in [-0.1, -0.05) is 6.42 Å². The monoisotopic (exact) mass is 212 g/mol. The zero-order chi connectivity index (χ0) is 10.8. The highest BCUT2D eigenvalue weighted by molar-refractivity contribution is 5.80. The lowest BCUT2D eigenvalue weighted by atomic mass is 9.80. The number of carbonyl (C=O) groups is 1. The van der Waals surface area contributed by atoms with Crippen molar-refractivity contribution < 1.29 is 9.53 Å². The fourth-order valence-electron chi connectivity index (χ4n) is 2.18. The number of rotatable bonds is 4. The van der Waals surface area contributed by atoms with Crippen LogP contribution in [0, 0.1) is 5.92 Å². The van der Waals surface area contributed by atoms with Gasteiger partial charge < -0.3 is 15.8 Å². The van der Waals surface area contributed by atoms with E-state index in [-0.39, 0.29) is 30.0 Å². The quantitative estimate of drug-likeness (QED) is 0.709. The summed E-state index contributed by atoms with van der Waals surface area (Å²) in [4.78, 5) is 11.7. The molecule has 0 saturated heterocycles. The van der Waals surface area contributed by atoms with Crippen molar-refractivity contribution in [1.29, 1.82) is 0 Å². The highest BCUT2D eigenvalue weighted by Crippen LogP contribution is 2.28. The maximum Gasteiger partial charge on any atom is 0.223 e. The summed E-state index contributed by atoms with van der Waals surface area (Å²) in [7, 11) is 0. The van der Waals surface area contributed by atoms with Gasteiger partial charge in [-0.15, -0.1) is 0 Å². The molecule has 2 saturated carbocycles. The third kappa shape index (κ3) is 2.16. The molecule has 3 unspecified atom stereocenters. The first-order valence-electron chi connectivity index (χ1n) is 5.90. The van der Waals surface area contributed by atoms with E-state index in [1.165, 1.54) is 6.42 Å². The van der Waals surface area contributed by atoms with E-state index in [0.29, 0.717) is 6.61 Å². The van der Waals surface area contributed by atoms with Crippen LogP contribution in [0.1, 0.15) is 32.6 Å². The molecule has 0 radical (unpaired) electrons. The number of carbonyl (C=O) groups excluding carboxylic acids is 1. The highest BCUT2D eigenvalue weighted by Gasteiger charge is 2.41. The van der Waals surface area contributed by atoms with Gasteiger partial charge in [-0.2, -0.15) is 0 Å². The van der Waals surface area contributed by atoms with Gasteiger partial charge in [0.25, 0.3) is 0 Å². The van der Waals surface area contributed by atoms with Gasteiger partial charge in [-0.25, -0.2) is 0 Å². The molecule has 0 aromatic heterocycles. The van der Waals surface area contributed by atoms with Gasteiger partial charge >= 0.3 is 0 Å². The van der Waals surface area contributed by atoms with Gasteiger partial charge in [0.15, 0.2) is 0 Å². The predicted octanol–water partition coefficient (Wildman–Crippen LogP) is 0.407. The maximum atomic E-state index is 11.7. The molecule has 86 valence electrons. The Balaban J connectivity index is 1.78. The second-order valence-electron chi connectivity index (χ2n) is 4.56. The van der Waals surface area contributed by atoms with E-state index in [0.717, 1.165) is 19.3 Å². The Kier molecular flexibility index (Phi) is 3.26. The number of hydrogen-bond acceptors (Lipinski definition) is 3. The van der Waals surface area contributed by atoms with Crippen molar-refractivity contribution in [3.63, 3.8) is 0 Å². The van der Waals surface area contributed by atoms with Crippen molar-refractivity contribution in [3.05, 3.63) is 0 Å². The van der Waals surface area contributed by atoms with E-state index < -0.39 is 0 Å². The smallest absolute Gasteiger partial charge is 0.223 e. The fourth-order valence-corrected chi connectivity index (χ4v) is 2.18. The number of nitrogens with two attached hydrogens (primary N) is 1. The number of hydrogen-bond donors (Lipinski definition) is 2. The predicted molar refractivity (Wildman–Crippen MR) is 57.3 cm³/mol. The molecule has 0 aliphatic heterocycles. The lowest BCUT2D eigenvalue weighted by molar-refractivity contribution is -0.132. The summed E-state index contributed by atoms with van der Waals surface area (Å²) in [6.07, 6.45) is 4.25. The van der Waals surface area contributed by atoms with E-state index in [2.05, 4.69) is 5.32 Å². The first kappa shape index (κ1) is 10.9. The van der Waals surface area contributed by atoms with Crippen molar-refractivity contribution in [2.75, 3.05) is 6.61 Å². The molecule has 0 heterocycles. The fraction of sp³-hybridized carbons (Fsp3) is 0.909. The van der Waals surface area contributed by atoms with Gasteiger partial charge in [0.1, 0.15) is 0 Å². The summed E-state index contributed by atoms with van der Waals surface area (Å²) >= 11 is 0.